The molecule has 1 aliphatic carbocycles. The molecule has 0 spiro atoms. The lowest BCUT2D eigenvalue weighted by molar-refractivity contribution is -0.360. The number of rotatable bonds is 80. The van der Waals surface area contributed by atoms with Crippen LogP contribution < -0.4 is 0 Å². The van der Waals surface area contributed by atoms with Crippen molar-refractivity contribution in [3.63, 3.8) is 0 Å². The van der Waals surface area contributed by atoms with Gasteiger partial charge in [-0.1, -0.05) is 347 Å². The van der Waals surface area contributed by atoms with Gasteiger partial charge < -0.3 is 88.7 Å². The lowest BCUT2D eigenvalue weighted by Crippen LogP contribution is -2.70. The first-order valence-corrected chi connectivity index (χ1v) is 50.6. The third kappa shape index (κ3) is 53.5. The Morgan fingerprint density at radius 3 is 0.992 bits per heavy atom. The lowest BCUT2D eigenvalue weighted by atomic mass is 9.84. The minimum atomic E-state index is -5.81. The van der Waals surface area contributed by atoms with Crippen LogP contribution in [-0.2, 0) is 70.7 Å². The minimum absolute atomic E-state index is 0.0173. The Labute approximate surface area is 730 Å². The molecule has 3 aliphatic rings. The maximum Gasteiger partial charge on any atom is 0.472 e. The largest absolute Gasteiger partial charge is 0.472 e. The first-order valence-electron chi connectivity index (χ1n) is 49.1. The molecule has 0 amide bonds. The molecular formula is C95H175O25P. The summed E-state index contributed by atoms with van der Waals surface area (Å²) >= 11 is 0. The number of hydrogen-bond acceptors (Lipinski definition) is 24. The highest BCUT2D eigenvalue weighted by molar-refractivity contribution is 7.47. The predicted molar refractivity (Wildman–Crippen MR) is 472 cm³/mol. The van der Waals surface area contributed by atoms with Crippen LogP contribution in [0, 0.1) is 0 Å². The minimum Gasteiger partial charge on any atom is -0.463 e. The van der Waals surface area contributed by atoms with Crippen LogP contribution in [0.3, 0.4) is 0 Å². The van der Waals surface area contributed by atoms with Gasteiger partial charge >= 0.3 is 31.7 Å². The zero-order valence-corrected chi connectivity index (χ0v) is 76.7. The third-order valence-corrected chi connectivity index (χ3v) is 24.9. The van der Waals surface area contributed by atoms with Crippen molar-refractivity contribution in [1.82, 2.24) is 0 Å². The molecular weight excluding hydrogens is 1570 g/mol. The van der Waals surface area contributed by atoms with Gasteiger partial charge in [0.25, 0.3) is 0 Å². The summed E-state index contributed by atoms with van der Waals surface area (Å²) in [5, 5.41) is 102. The van der Waals surface area contributed by atoms with E-state index in [1.54, 1.807) is 0 Å². The third-order valence-electron chi connectivity index (χ3n) is 23.9. The molecule has 710 valence electrons. The van der Waals surface area contributed by atoms with Crippen LogP contribution in [0.2, 0.25) is 0 Å². The molecule has 3 rings (SSSR count). The highest BCUT2D eigenvalue weighted by Crippen LogP contribution is 2.49. The molecule has 0 aromatic heterocycles. The molecule has 0 aromatic carbocycles. The Hall–Kier alpha value is -3.05. The molecule has 10 N–H and O–H groups in total. The highest BCUT2D eigenvalue weighted by atomic mass is 31.2. The van der Waals surface area contributed by atoms with E-state index in [-0.39, 0.29) is 25.7 Å². The number of hydrogen-bond donors (Lipinski definition) is 10. The average Bonchev–Trinajstić information content (AvgIpc) is 0.756. The second-order valence-corrected chi connectivity index (χ2v) is 36.3. The van der Waals surface area contributed by atoms with E-state index in [2.05, 4.69) is 52.0 Å². The van der Waals surface area contributed by atoms with Gasteiger partial charge in [0.1, 0.15) is 92.6 Å². The van der Waals surface area contributed by atoms with Crippen LogP contribution in [0.15, 0.2) is 24.3 Å². The summed E-state index contributed by atoms with van der Waals surface area (Å²) in [4.78, 5) is 66.6. The molecule has 25 nitrogen and oxygen atoms in total. The molecule has 18 atom stereocenters. The number of aliphatic hydroxyl groups is 9. The van der Waals surface area contributed by atoms with Crippen molar-refractivity contribution in [2.24, 2.45) is 0 Å². The second kappa shape index (κ2) is 73.8. The number of aliphatic hydroxyl groups excluding tert-OH is 9. The molecule has 2 aliphatic heterocycles. The van der Waals surface area contributed by atoms with Crippen LogP contribution in [0.4, 0.5) is 0 Å². The Morgan fingerprint density at radius 1 is 0.322 bits per heavy atom. The number of ether oxygens (including phenoxy) is 8. The summed E-state index contributed by atoms with van der Waals surface area (Å²) in [7, 11) is -5.81. The van der Waals surface area contributed by atoms with Crippen molar-refractivity contribution in [1.29, 1.82) is 0 Å². The first kappa shape index (κ1) is 112. The van der Waals surface area contributed by atoms with Crippen molar-refractivity contribution in [3.05, 3.63) is 24.3 Å². The molecule has 26 heteroatoms. The molecule has 121 heavy (non-hydrogen) atoms. The van der Waals surface area contributed by atoms with Crippen LogP contribution in [0.1, 0.15) is 426 Å². The molecule has 1 saturated carbocycles. The summed E-state index contributed by atoms with van der Waals surface area (Å²) in [6, 6.07) is 0. The van der Waals surface area contributed by atoms with Gasteiger partial charge in [-0.2, -0.15) is 0 Å². The van der Waals surface area contributed by atoms with Gasteiger partial charge in [-0.25, -0.2) is 4.57 Å². The van der Waals surface area contributed by atoms with Gasteiger partial charge in [0.05, 0.1) is 13.2 Å². The van der Waals surface area contributed by atoms with Crippen molar-refractivity contribution in [3.8, 4) is 0 Å². The molecule has 2 heterocycles. The maximum absolute atomic E-state index is 14.9. The topological polar surface area (TPSA) is 380 Å². The molecule has 3 fully saturated rings. The van der Waals surface area contributed by atoms with Crippen LogP contribution in [0.25, 0.3) is 0 Å². The van der Waals surface area contributed by atoms with Gasteiger partial charge in [0, 0.05) is 25.7 Å². The number of carbonyl (C=O) groups is 4. The van der Waals surface area contributed by atoms with Gasteiger partial charge in [-0.15, -0.1) is 0 Å². The van der Waals surface area contributed by atoms with Gasteiger partial charge in [-0.3, -0.25) is 28.2 Å². The standard InChI is InChI=1S/C95H175O25P/c1-5-9-13-17-21-25-29-33-37-41-43-47-51-55-59-63-67-78(97)111-72-75(114-80(99)69-65-61-57-53-49-45-39-35-31-27-23-19-15-11-7-3)73-113-121(109,110)120-93-91(118-94-88(107)84(103)82(101)76(71-96)115-94)87(106)86(105)90(117-81(100)70-66-62-58-54-50-46-40-36-32-28-24-20-16-12-8-4)92(93)119-95-89(108)85(104)83(102)77(116-95)74-112-79(98)68-64-60-56-52-48-44-42-38-34-30-26-22-18-14-10-6-2/h27-28,31-32,75-77,82-96,101-108H,5-26,29-30,33-74H2,1-4H3,(H,109,110)/b31-27-,32-28-. The predicted octanol–water partition coefficient (Wildman–Crippen LogP) is 18.9. The van der Waals surface area contributed by atoms with Crippen molar-refractivity contribution >= 4 is 31.7 Å². The maximum atomic E-state index is 14.9. The van der Waals surface area contributed by atoms with Gasteiger partial charge in [0.15, 0.2) is 24.8 Å². The summed E-state index contributed by atoms with van der Waals surface area (Å²) < 4.78 is 73.6. The zero-order chi connectivity index (χ0) is 88.2. The Morgan fingerprint density at radius 2 is 0.620 bits per heavy atom. The fourth-order valence-electron chi connectivity index (χ4n) is 16.1. The normalized spacial score (nSPS) is 24.7. The number of phosphoric ester groups is 1. The van der Waals surface area contributed by atoms with Crippen molar-refractivity contribution in [2.45, 2.75) is 530 Å². The summed E-state index contributed by atoms with van der Waals surface area (Å²) in [5.74, 6) is -2.96. The molecule has 0 bridgehead atoms. The summed E-state index contributed by atoms with van der Waals surface area (Å²) in [6.07, 6.45) is 35.7. The number of allylic oxidation sites excluding steroid dienone is 4. The van der Waals surface area contributed by atoms with Crippen LogP contribution >= 0.6 is 7.82 Å². The average molecular weight is 1750 g/mol. The quantitative estimate of drug-likeness (QED) is 0.00889. The molecule has 2 saturated heterocycles. The highest BCUT2D eigenvalue weighted by Gasteiger charge is 2.60. The zero-order valence-electron chi connectivity index (χ0n) is 75.8. The fourth-order valence-corrected chi connectivity index (χ4v) is 17.1. The van der Waals surface area contributed by atoms with E-state index < -0.39 is 162 Å². The van der Waals surface area contributed by atoms with Crippen LogP contribution in [0.5, 0.6) is 0 Å². The smallest absolute Gasteiger partial charge is 0.463 e. The number of carbonyl (C=O) groups excluding carboxylic acids is 4. The van der Waals surface area contributed by atoms with Crippen LogP contribution in [-0.4, -0.2) is 205 Å². The first-order chi connectivity index (χ1) is 58.7. The Balaban J connectivity index is 1.90. The van der Waals surface area contributed by atoms with Crippen molar-refractivity contribution in [2.75, 3.05) is 26.4 Å². The second-order valence-electron chi connectivity index (χ2n) is 34.9. The fraction of sp³-hybridized carbons (Fsp3) is 0.916. The summed E-state index contributed by atoms with van der Waals surface area (Å²) in [5.41, 5.74) is 0. The monoisotopic (exact) mass is 1750 g/mol. The molecule has 18 unspecified atom stereocenters. The number of phosphoric acid groups is 1. The number of esters is 4. The van der Waals surface area contributed by atoms with E-state index in [4.69, 9.17) is 46.9 Å². The van der Waals surface area contributed by atoms with E-state index in [0.717, 1.165) is 154 Å². The Bertz CT molecular complexity index is 2600. The van der Waals surface area contributed by atoms with Gasteiger partial charge in [0.2, 0.25) is 0 Å². The SMILES string of the molecule is CCCCCC/C=C\CCCCCCCCCC(=O)OC(COC(=O)CCCCCCCCCCCCCCCCCC)COP(=O)(O)OC1C(OC2OC(CO)C(O)C(O)C2O)C(O)C(O)C(OC(=O)CCCCCCCCC/C=C\CCCCCC)C1OC1OC(COC(=O)CCCCCCCCCCCCCCCCCC)C(O)C(O)C1O. The van der Waals surface area contributed by atoms with E-state index in [9.17, 15) is 74.6 Å². The molecule has 0 radical (unpaired) electrons. The van der Waals surface area contributed by atoms with Crippen molar-refractivity contribution < 1.29 is 122 Å². The Kier molecular flexibility index (Phi) is 68.4. The van der Waals surface area contributed by atoms with E-state index in [1.807, 2.05) is 0 Å². The van der Waals surface area contributed by atoms with E-state index >= 15 is 0 Å². The number of unbranched alkanes of at least 4 members (excludes halogenated alkanes) is 52. The lowest BCUT2D eigenvalue weighted by Gasteiger charge is -2.50. The van der Waals surface area contributed by atoms with E-state index in [1.165, 1.54) is 180 Å². The summed E-state index contributed by atoms with van der Waals surface area (Å²) in [6.45, 7) is 5.61. The van der Waals surface area contributed by atoms with E-state index in [0.29, 0.717) is 38.5 Å². The van der Waals surface area contributed by atoms with Gasteiger partial charge in [-0.05, 0) is 77.0 Å². The molecule has 0 aromatic rings.